The van der Waals surface area contributed by atoms with Crippen LogP contribution < -0.4 is 26.8 Å². The largest absolute Gasteiger partial charge is 0.377 e. The molecule has 6 N–H and O–H groups in total. The number of nitrogens with one attached hydrogen (secondary N) is 5. The van der Waals surface area contributed by atoms with E-state index in [0.717, 1.165) is 31.2 Å². The van der Waals surface area contributed by atoms with Crippen molar-refractivity contribution < 1.29 is 5.11 Å². The monoisotopic (exact) mass is 405 g/mol. The van der Waals surface area contributed by atoms with Gasteiger partial charge in [-0.15, -0.1) is 11.8 Å². The molecule has 0 amide bonds. The average molecular weight is 406 g/mol. The highest BCUT2D eigenvalue weighted by Gasteiger charge is 2.44. The van der Waals surface area contributed by atoms with E-state index >= 15 is 0 Å². The van der Waals surface area contributed by atoms with Crippen LogP contribution in [0.5, 0.6) is 0 Å². The van der Waals surface area contributed by atoms with Crippen LogP contribution in [0.15, 0.2) is 23.3 Å². The Bertz CT molecular complexity index is 655. The number of aliphatic hydroxyl groups excluding tert-OH is 1. The van der Waals surface area contributed by atoms with Gasteiger partial charge in [0.15, 0.2) is 0 Å². The van der Waals surface area contributed by atoms with Crippen LogP contribution in [0.1, 0.15) is 33.1 Å². The highest BCUT2D eigenvalue weighted by molar-refractivity contribution is 8.00. The molecule has 2 aliphatic carbocycles. The van der Waals surface area contributed by atoms with Crippen molar-refractivity contribution in [3.63, 3.8) is 0 Å². The molecule has 3 saturated heterocycles. The molecule has 5 rings (SSSR count). The van der Waals surface area contributed by atoms with Gasteiger partial charge in [0.1, 0.15) is 6.23 Å². The molecule has 0 bridgehead atoms. The Labute approximate surface area is 172 Å². The standard InChI is InChI=1S/C21H35N5OS/c1-11-3-4-14(15-5-6-22-20(11)15)13-7-17(16-9-23-26-18(16)8-13)25-21(27)19-10-28-12(2)24-19/h3,7,12,14-27H,4-6,8-10H2,1-2H3. The van der Waals surface area contributed by atoms with Crippen LogP contribution in [-0.2, 0) is 0 Å². The molecule has 9 unspecified atom stereocenters. The van der Waals surface area contributed by atoms with E-state index in [2.05, 4.69) is 52.8 Å². The van der Waals surface area contributed by atoms with Gasteiger partial charge in [-0.1, -0.05) is 23.3 Å². The third kappa shape index (κ3) is 3.60. The number of thioether (sulfide) groups is 1. The first-order valence-electron chi connectivity index (χ1n) is 11.0. The summed E-state index contributed by atoms with van der Waals surface area (Å²) in [6.07, 6.45) is 8.00. The summed E-state index contributed by atoms with van der Waals surface area (Å²) in [7, 11) is 0. The second-order valence-corrected chi connectivity index (χ2v) is 10.7. The smallest absolute Gasteiger partial charge is 0.121 e. The van der Waals surface area contributed by atoms with Crippen molar-refractivity contribution >= 4 is 11.8 Å². The molecule has 0 aromatic carbocycles. The Morgan fingerprint density at radius 2 is 2.21 bits per heavy atom. The van der Waals surface area contributed by atoms with E-state index in [4.69, 9.17) is 0 Å². The average Bonchev–Trinajstić information content (AvgIpc) is 3.42. The molecule has 7 heteroatoms. The Hall–Kier alpha value is -0.410. The van der Waals surface area contributed by atoms with E-state index in [1.807, 2.05) is 11.8 Å². The first kappa shape index (κ1) is 19.5. The Morgan fingerprint density at radius 3 is 3.04 bits per heavy atom. The predicted octanol–water partition coefficient (Wildman–Crippen LogP) is 0.681. The molecule has 0 aromatic heterocycles. The summed E-state index contributed by atoms with van der Waals surface area (Å²) in [5.74, 6) is 2.81. The van der Waals surface area contributed by atoms with Crippen molar-refractivity contribution in [1.82, 2.24) is 26.8 Å². The zero-order chi connectivity index (χ0) is 19.3. The van der Waals surface area contributed by atoms with Gasteiger partial charge in [0, 0.05) is 36.3 Å². The van der Waals surface area contributed by atoms with Crippen LogP contribution in [0.25, 0.3) is 0 Å². The van der Waals surface area contributed by atoms with E-state index in [0.29, 0.717) is 29.3 Å². The fourth-order valence-electron chi connectivity index (χ4n) is 6.10. The van der Waals surface area contributed by atoms with Gasteiger partial charge in [0.25, 0.3) is 0 Å². The highest BCUT2D eigenvalue weighted by Crippen LogP contribution is 2.43. The van der Waals surface area contributed by atoms with Crippen LogP contribution in [0, 0.1) is 17.8 Å². The zero-order valence-electron chi connectivity index (χ0n) is 16.9. The third-order valence-electron chi connectivity index (χ3n) is 7.62. The van der Waals surface area contributed by atoms with Gasteiger partial charge in [-0.2, -0.15) is 0 Å². The van der Waals surface area contributed by atoms with Crippen molar-refractivity contribution in [2.45, 2.75) is 68.9 Å². The SMILES string of the molecule is CC1=CCC(C2=CC(NC(O)C3CSC(C)N3)C3CNNC3C2)C2CCNC12. The number of hydrazine groups is 1. The molecule has 5 aliphatic rings. The van der Waals surface area contributed by atoms with Crippen molar-refractivity contribution in [3.8, 4) is 0 Å². The number of hydrogen-bond acceptors (Lipinski definition) is 7. The number of rotatable bonds is 4. The molecule has 3 fully saturated rings. The number of aliphatic hydroxyl groups is 1. The second kappa shape index (κ2) is 8.02. The van der Waals surface area contributed by atoms with Gasteiger partial charge in [0.05, 0.1) is 11.4 Å². The Kier molecular flexibility index (Phi) is 5.60. The summed E-state index contributed by atoms with van der Waals surface area (Å²) in [5.41, 5.74) is 10.00. The van der Waals surface area contributed by atoms with Crippen LogP contribution in [0.3, 0.4) is 0 Å². The van der Waals surface area contributed by atoms with Crippen molar-refractivity contribution in [3.05, 3.63) is 23.3 Å². The summed E-state index contributed by atoms with van der Waals surface area (Å²) >= 11 is 1.88. The van der Waals surface area contributed by atoms with E-state index in [9.17, 15) is 5.11 Å². The highest BCUT2D eigenvalue weighted by atomic mass is 32.2. The lowest BCUT2D eigenvalue weighted by Gasteiger charge is -2.40. The lowest BCUT2D eigenvalue weighted by atomic mass is 9.68. The van der Waals surface area contributed by atoms with E-state index in [1.165, 1.54) is 18.4 Å². The fourth-order valence-corrected chi connectivity index (χ4v) is 7.14. The number of fused-ring (bicyclic) bond motifs is 2. The molecule has 3 aliphatic heterocycles. The van der Waals surface area contributed by atoms with Gasteiger partial charge < -0.3 is 10.4 Å². The maximum atomic E-state index is 10.8. The molecule has 0 saturated carbocycles. The van der Waals surface area contributed by atoms with Gasteiger partial charge in [-0.05, 0) is 51.5 Å². The number of hydrogen-bond donors (Lipinski definition) is 6. The maximum Gasteiger partial charge on any atom is 0.121 e. The number of allylic oxidation sites excluding steroid dienone is 1. The Balaban J connectivity index is 1.35. The van der Waals surface area contributed by atoms with E-state index in [1.54, 1.807) is 5.57 Å². The fraction of sp³-hybridized carbons (Fsp3) is 0.810. The van der Waals surface area contributed by atoms with Crippen LogP contribution >= 0.6 is 11.8 Å². The molecular formula is C21H35N5OS. The van der Waals surface area contributed by atoms with Gasteiger partial charge in [-0.25, -0.2) is 0 Å². The molecule has 3 heterocycles. The first-order valence-corrected chi connectivity index (χ1v) is 12.1. The van der Waals surface area contributed by atoms with Crippen LogP contribution in [-0.4, -0.2) is 59.7 Å². The van der Waals surface area contributed by atoms with Gasteiger partial charge >= 0.3 is 0 Å². The third-order valence-corrected chi connectivity index (χ3v) is 8.81. The summed E-state index contributed by atoms with van der Waals surface area (Å²) < 4.78 is 0. The minimum absolute atomic E-state index is 0.128. The quantitative estimate of drug-likeness (QED) is 0.303. The van der Waals surface area contributed by atoms with Crippen molar-refractivity contribution in [2.24, 2.45) is 17.8 Å². The van der Waals surface area contributed by atoms with Gasteiger partial charge in [0.2, 0.25) is 0 Å². The van der Waals surface area contributed by atoms with Crippen molar-refractivity contribution in [1.29, 1.82) is 0 Å². The summed E-state index contributed by atoms with van der Waals surface area (Å²) in [6, 6.07) is 1.36. The summed E-state index contributed by atoms with van der Waals surface area (Å²) in [4.78, 5) is 0. The lowest BCUT2D eigenvalue weighted by Crippen LogP contribution is -2.55. The molecule has 9 atom stereocenters. The summed E-state index contributed by atoms with van der Waals surface area (Å²) in [5, 5.41) is 22.1. The van der Waals surface area contributed by atoms with Gasteiger partial charge in [-0.3, -0.25) is 21.5 Å². The molecule has 6 nitrogen and oxygen atoms in total. The Morgan fingerprint density at radius 1 is 1.32 bits per heavy atom. The molecule has 156 valence electrons. The van der Waals surface area contributed by atoms with E-state index in [-0.39, 0.29) is 12.1 Å². The second-order valence-electron chi connectivity index (χ2n) is 9.30. The molecule has 28 heavy (non-hydrogen) atoms. The minimum Gasteiger partial charge on any atom is -0.377 e. The van der Waals surface area contributed by atoms with Crippen LogP contribution in [0.2, 0.25) is 0 Å². The van der Waals surface area contributed by atoms with E-state index < -0.39 is 6.23 Å². The summed E-state index contributed by atoms with van der Waals surface area (Å²) in [6.45, 7) is 6.55. The zero-order valence-corrected chi connectivity index (χ0v) is 17.8. The van der Waals surface area contributed by atoms with Crippen LogP contribution in [0.4, 0.5) is 0 Å². The molecule has 0 spiro atoms. The molecule has 0 aromatic rings. The lowest BCUT2D eigenvalue weighted by molar-refractivity contribution is 0.0859. The topological polar surface area (TPSA) is 80.4 Å². The molecule has 0 radical (unpaired) electrons. The first-order chi connectivity index (χ1) is 13.6. The minimum atomic E-state index is -0.506. The molecular weight excluding hydrogens is 370 g/mol. The normalized spacial score (nSPS) is 46.7. The van der Waals surface area contributed by atoms with Crippen molar-refractivity contribution in [2.75, 3.05) is 18.8 Å². The maximum absolute atomic E-state index is 10.8. The predicted molar refractivity (Wildman–Crippen MR) is 115 cm³/mol.